The standard InChI is InChI=1S/C20H21N3O6S/c1-3-12-23(16-9-5-4-6-10-16)30(27,28)17-11-7-8-15(13-17)19(25)29-14(2)18(24)22-20(21)26/h3-11,13-14H,1,12H2,2H3,(H3,21,22,24,26)/t14-/m1/s1. The van der Waals surface area contributed by atoms with Gasteiger partial charge in [0.15, 0.2) is 6.10 Å². The van der Waals surface area contributed by atoms with Crippen LogP contribution in [0.4, 0.5) is 10.5 Å². The van der Waals surface area contributed by atoms with Crippen molar-refractivity contribution in [3.05, 3.63) is 72.8 Å². The summed E-state index contributed by atoms with van der Waals surface area (Å²) in [5.41, 5.74) is 5.20. The van der Waals surface area contributed by atoms with E-state index in [0.29, 0.717) is 5.69 Å². The molecule has 0 bridgehead atoms. The van der Waals surface area contributed by atoms with Crippen LogP contribution in [0.3, 0.4) is 0 Å². The van der Waals surface area contributed by atoms with E-state index in [1.165, 1.54) is 31.2 Å². The molecule has 3 amide bonds. The van der Waals surface area contributed by atoms with E-state index in [2.05, 4.69) is 6.58 Å². The van der Waals surface area contributed by atoms with Crippen molar-refractivity contribution in [3.8, 4) is 0 Å². The third-order valence-electron chi connectivity index (χ3n) is 3.90. The Morgan fingerprint density at radius 3 is 2.43 bits per heavy atom. The Morgan fingerprint density at radius 2 is 1.83 bits per heavy atom. The fraction of sp³-hybridized carbons (Fsp3) is 0.150. The van der Waals surface area contributed by atoms with Gasteiger partial charge in [0.2, 0.25) is 0 Å². The Kier molecular flexibility index (Phi) is 7.32. The number of amides is 3. The van der Waals surface area contributed by atoms with Crippen molar-refractivity contribution < 1.29 is 27.5 Å². The highest BCUT2D eigenvalue weighted by Gasteiger charge is 2.26. The van der Waals surface area contributed by atoms with E-state index in [-0.39, 0.29) is 17.0 Å². The van der Waals surface area contributed by atoms with Gasteiger partial charge in [-0.15, -0.1) is 6.58 Å². The first kappa shape index (κ1) is 22.6. The first-order chi connectivity index (χ1) is 14.2. The number of ether oxygens (including phenoxy) is 1. The van der Waals surface area contributed by atoms with Gasteiger partial charge in [-0.25, -0.2) is 18.0 Å². The predicted molar refractivity (Wildman–Crippen MR) is 110 cm³/mol. The number of hydrogen-bond acceptors (Lipinski definition) is 6. The molecule has 0 heterocycles. The Bertz CT molecular complexity index is 1050. The lowest BCUT2D eigenvalue weighted by Gasteiger charge is -2.23. The van der Waals surface area contributed by atoms with Crippen LogP contribution in [0.15, 0.2) is 72.1 Å². The number of benzene rings is 2. The number of para-hydroxylation sites is 1. The summed E-state index contributed by atoms with van der Waals surface area (Å²) >= 11 is 0. The number of carbonyl (C=O) groups excluding carboxylic acids is 3. The van der Waals surface area contributed by atoms with Crippen LogP contribution in [0.5, 0.6) is 0 Å². The second-order valence-corrected chi connectivity index (χ2v) is 7.95. The largest absolute Gasteiger partial charge is 0.449 e. The summed E-state index contributed by atoms with van der Waals surface area (Å²) in [4.78, 5) is 34.6. The number of esters is 1. The minimum absolute atomic E-state index is 0.0192. The minimum Gasteiger partial charge on any atom is -0.449 e. The zero-order valence-corrected chi connectivity index (χ0v) is 17.0. The zero-order chi connectivity index (χ0) is 22.3. The number of hydrogen-bond donors (Lipinski definition) is 2. The van der Waals surface area contributed by atoms with E-state index in [4.69, 9.17) is 10.5 Å². The molecule has 158 valence electrons. The number of imide groups is 1. The summed E-state index contributed by atoms with van der Waals surface area (Å²) in [5.74, 6) is -1.84. The highest BCUT2D eigenvalue weighted by atomic mass is 32.2. The Labute approximate surface area is 174 Å². The van der Waals surface area contributed by atoms with Gasteiger partial charge in [0.1, 0.15) is 0 Å². The van der Waals surface area contributed by atoms with Crippen molar-refractivity contribution in [2.45, 2.75) is 17.9 Å². The lowest BCUT2D eigenvalue weighted by molar-refractivity contribution is -0.127. The second-order valence-electron chi connectivity index (χ2n) is 6.09. The first-order valence-electron chi connectivity index (χ1n) is 8.77. The molecule has 0 aliphatic heterocycles. The molecule has 2 aromatic carbocycles. The van der Waals surface area contributed by atoms with E-state index >= 15 is 0 Å². The summed E-state index contributed by atoms with van der Waals surface area (Å²) in [7, 11) is -4.02. The highest BCUT2D eigenvalue weighted by molar-refractivity contribution is 7.92. The number of nitrogens with zero attached hydrogens (tertiary/aromatic N) is 1. The van der Waals surface area contributed by atoms with Gasteiger partial charge in [-0.3, -0.25) is 14.4 Å². The number of anilines is 1. The van der Waals surface area contributed by atoms with Crippen molar-refractivity contribution in [2.24, 2.45) is 5.73 Å². The van der Waals surface area contributed by atoms with E-state index in [9.17, 15) is 22.8 Å². The van der Waals surface area contributed by atoms with Gasteiger partial charge >= 0.3 is 12.0 Å². The average Bonchev–Trinajstić information content (AvgIpc) is 2.72. The quantitative estimate of drug-likeness (QED) is 0.483. The van der Waals surface area contributed by atoms with Crippen LogP contribution in [0.25, 0.3) is 0 Å². The maximum atomic E-state index is 13.2. The zero-order valence-electron chi connectivity index (χ0n) is 16.1. The molecule has 0 spiro atoms. The highest BCUT2D eigenvalue weighted by Crippen LogP contribution is 2.24. The van der Waals surface area contributed by atoms with Crippen LogP contribution in [0.2, 0.25) is 0 Å². The maximum absolute atomic E-state index is 13.2. The molecule has 9 nitrogen and oxygen atoms in total. The van der Waals surface area contributed by atoms with Crippen LogP contribution in [0, 0.1) is 0 Å². The normalized spacial score (nSPS) is 11.8. The van der Waals surface area contributed by atoms with Gasteiger partial charge in [0, 0.05) is 0 Å². The molecule has 0 unspecified atom stereocenters. The molecule has 0 fully saturated rings. The lowest BCUT2D eigenvalue weighted by atomic mass is 10.2. The fourth-order valence-electron chi connectivity index (χ4n) is 2.47. The molecule has 0 saturated heterocycles. The van der Waals surface area contributed by atoms with E-state index in [1.807, 2.05) is 0 Å². The summed E-state index contributed by atoms with van der Waals surface area (Å²) in [6, 6.07) is 12.6. The Morgan fingerprint density at radius 1 is 1.17 bits per heavy atom. The molecule has 30 heavy (non-hydrogen) atoms. The summed E-state index contributed by atoms with van der Waals surface area (Å²) in [5, 5.41) is 1.79. The summed E-state index contributed by atoms with van der Waals surface area (Å²) in [6.07, 6.45) is 0.133. The van der Waals surface area contributed by atoms with Crippen LogP contribution < -0.4 is 15.4 Å². The molecule has 10 heteroatoms. The smallest absolute Gasteiger partial charge is 0.338 e. The van der Waals surface area contributed by atoms with Crippen molar-refractivity contribution in [3.63, 3.8) is 0 Å². The lowest BCUT2D eigenvalue weighted by Crippen LogP contribution is -2.42. The van der Waals surface area contributed by atoms with Crippen LogP contribution >= 0.6 is 0 Å². The fourth-order valence-corrected chi connectivity index (χ4v) is 3.95. The Balaban J connectivity index is 2.30. The number of primary amides is 1. The molecule has 1 atom stereocenters. The Hall–Kier alpha value is -3.66. The average molecular weight is 431 g/mol. The van der Waals surface area contributed by atoms with E-state index in [1.54, 1.807) is 35.6 Å². The SMILES string of the molecule is C=CCN(c1ccccc1)S(=O)(=O)c1cccc(C(=O)O[C@H](C)C(=O)NC(N)=O)c1. The number of rotatable bonds is 8. The van der Waals surface area contributed by atoms with Crippen LogP contribution in [-0.2, 0) is 19.6 Å². The van der Waals surface area contributed by atoms with Crippen molar-refractivity contribution in [1.82, 2.24) is 5.32 Å². The number of nitrogens with two attached hydrogens (primary N) is 1. The molecule has 2 rings (SSSR count). The number of urea groups is 1. The third kappa shape index (κ3) is 5.45. The molecule has 0 aliphatic rings. The minimum atomic E-state index is -4.02. The monoisotopic (exact) mass is 431 g/mol. The molecule has 0 radical (unpaired) electrons. The van der Waals surface area contributed by atoms with Gasteiger partial charge in [0.05, 0.1) is 22.7 Å². The van der Waals surface area contributed by atoms with Crippen LogP contribution in [-0.4, -0.2) is 39.0 Å². The van der Waals surface area contributed by atoms with Crippen molar-refractivity contribution in [1.29, 1.82) is 0 Å². The molecule has 0 saturated carbocycles. The van der Waals surface area contributed by atoms with E-state index in [0.717, 1.165) is 10.4 Å². The molecule has 0 aromatic heterocycles. The predicted octanol–water partition coefficient (Wildman–Crippen LogP) is 1.81. The molecule has 3 N–H and O–H groups in total. The van der Waals surface area contributed by atoms with Gasteiger partial charge in [-0.1, -0.05) is 30.3 Å². The number of carbonyl (C=O) groups is 3. The van der Waals surface area contributed by atoms with Gasteiger partial charge in [-0.05, 0) is 37.3 Å². The summed E-state index contributed by atoms with van der Waals surface area (Å²) < 4.78 is 32.4. The van der Waals surface area contributed by atoms with Crippen LogP contribution in [0.1, 0.15) is 17.3 Å². The van der Waals surface area contributed by atoms with Gasteiger partial charge < -0.3 is 10.5 Å². The third-order valence-corrected chi connectivity index (χ3v) is 5.69. The summed E-state index contributed by atoms with van der Waals surface area (Å²) in [6.45, 7) is 4.86. The topological polar surface area (TPSA) is 136 Å². The maximum Gasteiger partial charge on any atom is 0.338 e. The first-order valence-corrected chi connectivity index (χ1v) is 10.2. The molecule has 0 aliphatic carbocycles. The van der Waals surface area contributed by atoms with Crippen molar-refractivity contribution >= 4 is 33.6 Å². The molecular weight excluding hydrogens is 410 g/mol. The van der Waals surface area contributed by atoms with Gasteiger partial charge in [0.25, 0.3) is 15.9 Å². The molecular formula is C20H21N3O6S. The second kappa shape index (κ2) is 9.70. The molecule has 2 aromatic rings. The van der Waals surface area contributed by atoms with E-state index < -0.39 is 34.0 Å². The number of sulfonamides is 1. The van der Waals surface area contributed by atoms with Crippen molar-refractivity contribution in [2.75, 3.05) is 10.8 Å². The number of nitrogens with one attached hydrogen (secondary N) is 1. The van der Waals surface area contributed by atoms with Gasteiger partial charge in [-0.2, -0.15) is 0 Å².